The van der Waals surface area contributed by atoms with Crippen LogP contribution in [0.25, 0.3) is 11.0 Å². The van der Waals surface area contributed by atoms with E-state index in [1.807, 2.05) is 6.92 Å². The lowest BCUT2D eigenvalue weighted by atomic mass is 10.3. The minimum absolute atomic E-state index is 0.384. The van der Waals surface area contributed by atoms with Gasteiger partial charge in [-0.15, -0.1) is 11.6 Å². The Morgan fingerprint density at radius 2 is 2.24 bits per heavy atom. The number of alkyl halides is 1. The van der Waals surface area contributed by atoms with Gasteiger partial charge in [0, 0.05) is 12.4 Å². The summed E-state index contributed by atoms with van der Waals surface area (Å²) in [5.41, 5.74) is 1.88. The fourth-order valence-corrected chi connectivity index (χ4v) is 2.26. The highest BCUT2D eigenvalue weighted by molar-refractivity contribution is 7.93. The summed E-state index contributed by atoms with van der Waals surface area (Å²) >= 11 is 5.31. The minimum Gasteiger partial charge on any atom is -0.281 e. The van der Waals surface area contributed by atoms with E-state index in [1.165, 1.54) is 6.20 Å². The maximum absolute atomic E-state index is 11.3. The van der Waals surface area contributed by atoms with Gasteiger partial charge >= 0.3 is 0 Å². The van der Waals surface area contributed by atoms with Gasteiger partial charge in [0.15, 0.2) is 5.65 Å². The largest absolute Gasteiger partial charge is 0.281 e. The molecule has 0 unspecified atom stereocenters. The summed E-state index contributed by atoms with van der Waals surface area (Å²) in [6.07, 6.45) is 1.44. The molecule has 2 aromatic rings. The van der Waals surface area contributed by atoms with Crippen molar-refractivity contribution in [1.82, 2.24) is 14.8 Å². The number of hydrogen-bond donors (Lipinski definition) is 1. The topological polar surface area (TPSA) is 76.9 Å². The number of anilines is 1. The molecule has 2 aromatic heterocycles. The Morgan fingerprint density at radius 1 is 1.53 bits per heavy atom. The molecule has 0 aliphatic carbocycles. The van der Waals surface area contributed by atoms with Gasteiger partial charge in [0.05, 0.1) is 17.6 Å². The van der Waals surface area contributed by atoms with Crippen LogP contribution >= 0.6 is 11.6 Å². The van der Waals surface area contributed by atoms with Gasteiger partial charge in [-0.05, 0) is 13.0 Å². The van der Waals surface area contributed by atoms with Crippen LogP contribution in [0.5, 0.6) is 0 Å². The Hall–Kier alpha value is -1.34. The van der Waals surface area contributed by atoms with Gasteiger partial charge < -0.3 is 0 Å². The molecule has 0 atom stereocenters. The third kappa shape index (κ3) is 2.34. The van der Waals surface area contributed by atoms with Crippen LogP contribution < -0.4 is 4.72 Å². The van der Waals surface area contributed by atoms with Crippen LogP contribution in [-0.2, 0) is 17.1 Å². The number of halogens is 1. The van der Waals surface area contributed by atoms with E-state index in [-0.39, 0.29) is 0 Å². The molecule has 0 aliphatic rings. The van der Waals surface area contributed by atoms with E-state index >= 15 is 0 Å². The average Bonchev–Trinajstić information content (AvgIpc) is 2.54. The Kier molecular flexibility index (Phi) is 2.96. The average molecular weight is 275 g/mol. The van der Waals surface area contributed by atoms with Crippen molar-refractivity contribution in [3.05, 3.63) is 18.0 Å². The zero-order valence-electron chi connectivity index (χ0n) is 9.31. The predicted molar refractivity (Wildman–Crippen MR) is 66.5 cm³/mol. The fraction of sp³-hybridized carbons (Fsp3) is 0.333. The second-order valence-corrected chi connectivity index (χ2v) is 5.94. The first-order chi connectivity index (χ1) is 7.93. The van der Waals surface area contributed by atoms with Crippen molar-refractivity contribution >= 4 is 38.3 Å². The number of sulfonamides is 1. The van der Waals surface area contributed by atoms with Crippen molar-refractivity contribution in [2.75, 3.05) is 9.93 Å². The Labute approximate surface area is 104 Å². The third-order valence-electron chi connectivity index (χ3n) is 2.28. The number of pyridine rings is 1. The zero-order chi connectivity index (χ0) is 12.6. The van der Waals surface area contributed by atoms with Gasteiger partial charge in [-0.1, -0.05) is 0 Å². The molecule has 0 aromatic carbocycles. The molecule has 1 N–H and O–H groups in total. The third-order valence-corrected chi connectivity index (χ3v) is 3.98. The van der Waals surface area contributed by atoms with Crippen LogP contribution in [0.3, 0.4) is 0 Å². The molecule has 17 heavy (non-hydrogen) atoms. The maximum Gasteiger partial charge on any atom is 0.246 e. The van der Waals surface area contributed by atoms with Gasteiger partial charge in [-0.25, -0.2) is 13.4 Å². The number of aromatic nitrogens is 3. The summed E-state index contributed by atoms with van der Waals surface area (Å²) in [6, 6.07) is 1.69. The quantitative estimate of drug-likeness (QED) is 0.854. The number of hydrogen-bond acceptors (Lipinski definition) is 4. The van der Waals surface area contributed by atoms with E-state index in [2.05, 4.69) is 14.8 Å². The van der Waals surface area contributed by atoms with Crippen molar-refractivity contribution in [1.29, 1.82) is 0 Å². The smallest absolute Gasteiger partial charge is 0.246 e. The first kappa shape index (κ1) is 12.1. The highest BCUT2D eigenvalue weighted by atomic mass is 35.5. The molecular weight excluding hydrogens is 264 g/mol. The van der Waals surface area contributed by atoms with Crippen molar-refractivity contribution in [2.24, 2.45) is 7.05 Å². The molecule has 0 amide bonds. The summed E-state index contributed by atoms with van der Waals surface area (Å²) in [6.45, 7) is 1.84. The van der Waals surface area contributed by atoms with Crippen LogP contribution in [0.15, 0.2) is 12.3 Å². The van der Waals surface area contributed by atoms with Crippen molar-refractivity contribution in [3.8, 4) is 0 Å². The minimum atomic E-state index is -3.50. The van der Waals surface area contributed by atoms with Gasteiger partial charge in [0.25, 0.3) is 0 Å². The first-order valence-corrected chi connectivity index (χ1v) is 6.97. The van der Waals surface area contributed by atoms with E-state index in [0.29, 0.717) is 11.3 Å². The second kappa shape index (κ2) is 4.15. The maximum atomic E-state index is 11.3. The van der Waals surface area contributed by atoms with Crippen LogP contribution in [0.2, 0.25) is 0 Å². The lowest BCUT2D eigenvalue weighted by molar-refractivity contribution is 0.605. The van der Waals surface area contributed by atoms with Crippen LogP contribution in [0, 0.1) is 6.92 Å². The summed E-state index contributed by atoms with van der Waals surface area (Å²) in [5.74, 6) is 0. The standard InChI is InChI=1S/C9H11ClN4O2S/c1-6-8-3-7(13-17(15,16)5-10)4-11-9(8)14(2)12-6/h3-4,13H,5H2,1-2H3. The monoisotopic (exact) mass is 274 g/mol. The fourth-order valence-electron chi connectivity index (χ4n) is 1.57. The van der Waals surface area contributed by atoms with Gasteiger partial charge in [-0.3, -0.25) is 9.40 Å². The Balaban J connectivity index is 2.48. The van der Waals surface area contributed by atoms with Gasteiger partial charge in [-0.2, -0.15) is 5.10 Å². The molecule has 92 valence electrons. The van der Waals surface area contributed by atoms with E-state index in [0.717, 1.165) is 11.1 Å². The lowest BCUT2D eigenvalue weighted by Gasteiger charge is -2.04. The summed E-state index contributed by atoms with van der Waals surface area (Å²) in [7, 11) is -1.72. The second-order valence-electron chi connectivity index (χ2n) is 3.63. The molecule has 0 saturated heterocycles. The number of rotatable bonds is 3. The molecule has 0 radical (unpaired) electrons. The summed E-state index contributed by atoms with van der Waals surface area (Å²) in [4.78, 5) is 4.15. The molecule has 0 aliphatic heterocycles. The van der Waals surface area contributed by atoms with Crippen LogP contribution in [0.1, 0.15) is 5.69 Å². The zero-order valence-corrected chi connectivity index (χ0v) is 10.9. The van der Waals surface area contributed by atoms with Gasteiger partial charge in [0.2, 0.25) is 10.0 Å². The molecule has 2 rings (SSSR count). The van der Waals surface area contributed by atoms with Crippen LogP contribution in [-0.4, -0.2) is 28.4 Å². The summed E-state index contributed by atoms with van der Waals surface area (Å²) in [5, 5.41) is 4.52. The molecule has 0 saturated carbocycles. The number of fused-ring (bicyclic) bond motifs is 1. The van der Waals surface area contributed by atoms with E-state index < -0.39 is 15.2 Å². The van der Waals surface area contributed by atoms with E-state index in [1.54, 1.807) is 17.8 Å². The molecule has 6 nitrogen and oxygen atoms in total. The number of nitrogens with one attached hydrogen (secondary N) is 1. The molecule has 0 fully saturated rings. The van der Waals surface area contributed by atoms with Crippen molar-refractivity contribution in [2.45, 2.75) is 6.92 Å². The highest BCUT2D eigenvalue weighted by Gasteiger charge is 2.11. The molecule has 8 heteroatoms. The molecule has 0 spiro atoms. The Bertz CT molecular complexity index is 665. The highest BCUT2D eigenvalue weighted by Crippen LogP contribution is 2.20. The lowest BCUT2D eigenvalue weighted by Crippen LogP contribution is -2.13. The first-order valence-electron chi connectivity index (χ1n) is 4.79. The van der Waals surface area contributed by atoms with E-state index in [9.17, 15) is 8.42 Å². The van der Waals surface area contributed by atoms with Crippen LogP contribution in [0.4, 0.5) is 5.69 Å². The number of aryl methyl sites for hydroxylation is 2. The summed E-state index contributed by atoms with van der Waals surface area (Å²) < 4.78 is 26.6. The SMILES string of the molecule is Cc1nn(C)c2ncc(NS(=O)(=O)CCl)cc12. The molecular formula is C9H11ClN4O2S. The van der Waals surface area contributed by atoms with Crippen molar-refractivity contribution in [3.63, 3.8) is 0 Å². The van der Waals surface area contributed by atoms with Gasteiger partial charge in [0.1, 0.15) is 5.21 Å². The normalized spacial score (nSPS) is 11.9. The molecule has 0 bridgehead atoms. The molecule has 2 heterocycles. The number of nitrogens with zero attached hydrogens (tertiary/aromatic N) is 3. The predicted octanol–water partition coefficient (Wildman–Crippen LogP) is 1.21. The van der Waals surface area contributed by atoms with Crippen molar-refractivity contribution < 1.29 is 8.42 Å². The Morgan fingerprint density at radius 3 is 2.88 bits per heavy atom. The van der Waals surface area contributed by atoms with E-state index in [4.69, 9.17) is 11.6 Å².